The summed E-state index contributed by atoms with van der Waals surface area (Å²) < 4.78 is 0.960. The van der Waals surface area contributed by atoms with Crippen LogP contribution >= 0.6 is 27.3 Å². The van der Waals surface area contributed by atoms with Gasteiger partial charge in [-0.25, -0.2) is 4.98 Å². The van der Waals surface area contributed by atoms with Crippen LogP contribution in [0.15, 0.2) is 34.4 Å². The predicted octanol–water partition coefficient (Wildman–Crippen LogP) is 2.05. The Morgan fingerprint density at radius 3 is 2.88 bits per heavy atom. The highest BCUT2D eigenvalue weighted by atomic mass is 79.9. The summed E-state index contributed by atoms with van der Waals surface area (Å²) in [5.41, 5.74) is 3.68. The van der Waals surface area contributed by atoms with Gasteiger partial charge >= 0.3 is 0 Å². The number of aromatic nitrogens is 2. The summed E-state index contributed by atoms with van der Waals surface area (Å²) in [4.78, 5) is 8.55. The number of halogens is 1. The minimum absolute atomic E-state index is 0.000694. The highest BCUT2D eigenvalue weighted by Gasteiger charge is 2.13. The molecule has 0 bridgehead atoms. The van der Waals surface area contributed by atoms with Gasteiger partial charge in [0.2, 0.25) is 0 Å². The van der Waals surface area contributed by atoms with Gasteiger partial charge in [0.05, 0.1) is 16.7 Å². The molecule has 0 aliphatic rings. The third-order valence-electron chi connectivity index (χ3n) is 2.17. The van der Waals surface area contributed by atoms with Gasteiger partial charge < -0.3 is 0 Å². The molecule has 2 aromatic heterocycles. The van der Waals surface area contributed by atoms with Crippen LogP contribution in [0.5, 0.6) is 0 Å². The Balaban J connectivity index is 2.13. The first-order chi connectivity index (χ1) is 7.79. The fraction of sp³-hybridized carbons (Fsp3) is 0.200. The van der Waals surface area contributed by atoms with Crippen molar-refractivity contribution >= 4 is 27.3 Å². The number of hydrazine groups is 1. The predicted molar refractivity (Wildman–Crippen MR) is 67.8 cm³/mol. The highest BCUT2D eigenvalue weighted by Crippen LogP contribution is 2.18. The lowest BCUT2D eigenvalue weighted by atomic mass is 10.1. The molecule has 0 aliphatic carbocycles. The summed E-state index contributed by atoms with van der Waals surface area (Å²) in [5.74, 6) is 5.53. The minimum Gasteiger partial charge on any atom is -0.271 e. The molecule has 0 spiro atoms. The number of pyridine rings is 1. The minimum atomic E-state index is -0.000694. The molecule has 0 saturated heterocycles. The number of thiazole rings is 1. The third-order valence-corrected chi connectivity index (χ3v) is 3.44. The maximum atomic E-state index is 5.53. The van der Waals surface area contributed by atoms with Crippen molar-refractivity contribution in [2.24, 2.45) is 5.84 Å². The van der Waals surface area contributed by atoms with E-state index in [0.29, 0.717) is 0 Å². The second kappa shape index (κ2) is 5.49. The van der Waals surface area contributed by atoms with E-state index >= 15 is 0 Å². The lowest BCUT2D eigenvalue weighted by molar-refractivity contribution is 0.537. The van der Waals surface area contributed by atoms with Gasteiger partial charge in [-0.2, -0.15) is 0 Å². The van der Waals surface area contributed by atoms with Gasteiger partial charge in [-0.05, 0) is 28.1 Å². The fourth-order valence-corrected chi connectivity index (χ4v) is 2.27. The lowest BCUT2D eigenvalue weighted by Gasteiger charge is -2.13. The standard InChI is InChI=1S/C10H11BrN4S/c11-7-1-2-8(14-6-7)9(15-12)5-10-13-3-4-16-10/h1-4,6,9,15H,5,12H2. The Labute approximate surface area is 106 Å². The largest absolute Gasteiger partial charge is 0.271 e. The SMILES string of the molecule is NNC(Cc1nccs1)c1ccc(Br)cn1. The Morgan fingerprint density at radius 2 is 2.31 bits per heavy atom. The first-order valence-corrected chi connectivity index (χ1v) is 6.43. The van der Waals surface area contributed by atoms with Crippen LogP contribution in [0.4, 0.5) is 0 Å². The number of nitrogens with one attached hydrogen (secondary N) is 1. The maximum absolute atomic E-state index is 5.53. The first-order valence-electron chi connectivity index (χ1n) is 4.75. The Hall–Kier alpha value is -0.820. The van der Waals surface area contributed by atoms with E-state index in [1.807, 2.05) is 17.5 Å². The van der Waals surface area contributed by atoms with E-state index < -0.39 is 0 Å². The molecule has 2 heterocycles. The molecule has 6 heteroatoms. The Morgan fingerprint density at radius 1 is 1.44 bits per heavy atom. The zero-order chi connectivity index (χ0) is 11.4. The molecule has 0 saturated carbocycles. The number of nitrogens with zero attached hydrogens (tertiary/aromatic N) is 2. The molecule has 1 atom stereocenters. The van der Waals surface area contributed by atoms with Crippen molar-refractivity contribution in [3.05, 3.63) is 45.1 Å². The van der Waals surface area contributed by atoms with E-state index in [0.717, 1.165) is 21.6 Å². The smallest absolute Gasteiger partial charge is 0.0944 e. The van der Waals surface area contributed by atoms with Gasteiger partial charge in [0.25, 0.3) is 0 Å². The van der Waals surface area contributed by atoms with Crippen molar-refractivity contribution in [3.8, 4) is 0 Å². The third kappa shape index (κ3) is 2.85. The molecule has 0 radical (unpaired) electrons. The van der Waals surface area contributed by atoms with E-state index in [9.17, 15) is 0 Å². The summed E-state index contributed by atoms with van der Waals surface area (Å²) in [6.45, 7) is 0. The molecule has 16 heavy (non-hydrogen) atoms. The summed E-state index contributed by atoms with van der Waals surface area (Å²) in [5, 5.41) is 3.01. The van der Waals surface area contributed by atoms with Gasteiger partial charge in [0.1, 0.15) is 0 Å². The number of rotatable bonds is 4. The molecule has 4 nitrogen and oxygen atoms in total. The first kappa shape index (κ1) is 11.7. The van der Waals surface area contributed by atoms with Crippen molar-refractivity contribution < 1.29 is 0 Å². The average molecular weight is 299 g/mol. The van der Waals surface area contributed by atoms with E-state index in [4.69, 9.17) is 5.84 Å². The Kier molecular flexibility index (Phi) is 4.00. The molecular formula is C10H11BrN4S. The topological polar surface area (TPSA) is 63.8 Å². The van der Waals surface area contributed by atoms with E-state index in [2.05, 4.69) is 31.3 Å². The molecular weight excluding hydrogens is 288 g/mol. The fourth-order valence-electron chi connectivity index (χ4n) is 1.37. The van der Waals surface area contributed by atoms with Crippen LogP contribution in [0.1, 0.15) is 16.7 Å². The molecule has 0 aromatic carbocycles. The van der Waals surface area contributed by atoms with Crippen molar-refractivity contribution in [1.82, 2.24) is 15.4 Å². The highest BCUT2D eigenvalue weighted by molar-refractivity contribution is 9.10. The lowest BCUT2D eigenvalue weighted by Crippen LogP contribution is -2.30. The Bertz CT molecular complexity index is 429. The van der Waals surface area contributed by atoms with E-state index in [1.165, 1.54) is 0 Å². The van der Waals surface area contributed by atoms with E-state index in [-0.39, 0.29) is 6.04 Å². The van der Waals surface area contributed by atoms with Gasteiger partial charge in [-0.3, -0.25) is 16.3 Å². The van der Waals surface area contributed by atoms with Gasteiger partial charge in [0.15, 0.2) is 0 Å². The zero-order valence-corrected chi connectivity index (χ0v) is 10.8. The van der Waals surface area contributed by atoms with Crippen molar-refractivity contribution in [2.45, 2.75) is 12.5 Å². The van der Waals surface area contributed by atoms with Crippen LogP contribution in [-0.4, -0.2) is 9.97 Å². The monoisotopic (exact) mass is 298 g/mol. The van der Waals surface area contributed by atoms with Crippen LogP contribution < -0.4 is 11.3 Å². The second-order valence-electron chi connectivity index (χ2n) is 3.25. The maximum Gasteiger partial charge on any atom is 0.0944 e. The molecule has 0 aliphatic heterocycles. The van der Waals surface area contributed by atoms with Crippen LogP contribution in [0.2, 0.25) is 0 Å². The van der Waals surface area contributed by atoms with Crippen LogP contribution in [0.3, 0.4) is 0 Å². The summed E-state index contributed by atoms with van der Waals surface area (Å²) in [6, 6.07) is 3.90. The normalized spacial score (nSPS) is 12.6. The van der Waals surface area contributed by atoms with Gasteiger partial charge in [-0.1, -0.05) is 0 Å². The molecule has 2 rings (SSSR count). The molecule has 0 amide bonds. The summed E-state index contributed by atoms with van der Waals surface area (Å²) in [7, 11) is 0. The summed E-state index contributed by atoms with van der Waals surface area (Å²) >= 11 is 4.97. The molecule has 3 N–H and O–H groups in total. The second-order valence-corrected chi connectivity index (χ2v) is 5.15. The van der Waals surface area contributed by atoms with Gasteiger partial charge in [0, 0.05) is 28.7 Å². The molecule has 2 aromatic rings. The van der Waals surface area contributed by atoms with E-state index in [1.54, 1.807) is 23.7 Å². The van der Waals surface area contributed by atoms with Crippen molar-refractivity contribution in [2.75, 3.05) is 0 Å². The van der Waals surface area contributed by atoms with Crippen LogP contribution in [0, 0.1) is 0 Å². The molecule has 84 valence electrons. The summed E-state index contributed by atoms with van der Waals surface area (Å²) in [6.07, 6.45) is 4.31. The van der Waals surface area contributed by atoms with Crippen LogP contribution in [0.25, 0.3) is 0 Å². The number of hydrogen-bond acceptors (Lipinski definition) is 5. The van der Waals surface area contributed by atoms with Crippen molar-refractivity contribution in [3.63, 3.8) is 0 Å². The average Bonchev–Trinajstić information content (AvgIpc) is 2.80. The van der Waals surface area contributed by atoms with Crippen molar-refractivity contribution in [1.29, 1.82) is 0 Å². The number of nitrogens with two attached hydrogens (primary N) is 1. The quantitative estimate of drug-likeness (QED) is 0.670. The van der Waals surface area contributed by atoms with Crippen LogP contribution in [-0.2, 0) is 6.42 Å². The molecule has 0 fully saturated rings. The molecule has 1 unspecified atom stereocenters. The number of hydrogen-bond donors (Lipinski definition) is 2. The zero-order valence-electron chi connectivity index (χ0n) is 8.43. The van der Waals surface area contributed by atoms with Gasteiger partial charge in [-0.15, -0.1) is 11.3 Å².